The quantitative estimate of drug-likeness (QED) is 0.794. The number of anilines is 1. The first kappa shape index (κ1) is 23.5. The molecule has 1 aliphatic rings. The van der Waals surface area contributed by atoms with Crippen molar-refractivity contribution in [3.63, 3.8) is 0 Å². The summed E-state index contributed by atoms with van der Waals surface area (Å²) in [4.78, 5) is 42.5. The molecule has 0 unspecified atom stereocenters. The number of nitrogens with zero attached hydrogens (tertiary/aromatic N) is 3. The number of amides is 3. The molecule has 0 radical (unpaired) electrons. The number of rotatable bonds is 5. The molecule has 1 N–H and O–H groups in total. The van der Waals surface area contributed by atoms with Gasteiger partial charge in [0, 0.05) is 64.5 Å². The van der Waals surface area contributed by atoms with Crippen molar-refractivity contribution >= 4 is 23.6 Å². The average Bonchev–Trinajstić information content (AvgIpc) is 2.92. The highest BCUT2D eigenvalue weighted by molar-refractivity contribution is 5.94. The third-order valence-corrected chi connectivity index (χ3v) is 4.77. The number of benzene rings is 1. The second-order valence-corrected chi connectivity index (χ2v) is 8.65. The third kappa shape index (κ3) is 7.24. The molecule has 0 spiro atoms. The molecule has 8 heteroatoms. The fourth-order valence-electron chi connectivity index (χ4n) is 3.20. The number of carbonyl (C=O) groups excluding carboxylic acids is 3. The predicted molar refractivity (Wildman–Crippen MR) is 117 cm³/mol. The van der Waals surface area contributed by atoms with Crippen molar-refractivity contribution in [1.29, 1.82) is 0 Å². The Morgan fingerprint density at radius 1 is 1.00 bits per heavy atom. The van der Waals surface area contributed by atoms with Crippen LogP contribution in [0.25, 0.3) is 0 Å². The maximum atomic E-state index is 12.8. The lowest BCUT2D eigenvalue weighted by Crippen LogP contribution is -2.39. The first-order valence-corrected chi connectivity index (χ1v) is 10.4. The van der Waals surface area contributed by atoms with Gasteiger partial charge in [0.05, 0.1) is 0 Å². The minimum atomic E-state index is -0.568. The van der Waals surface area contributed by atoms with Gasteiger partial charge < -0.3 is 24.8 Å². The molecular weight excluding hydrogens is 384 g/mol. The van der Waals surface area contributed by atoms with Gasteiger partial charge in [0.15, 0.2) is 0 Å². The van der Waals surface area contributed by atoms with Crippen molar-refractivity contribution in [3.05, 3.63) is 29.8 Å². The van der Waals surface area contributed by atoms with Gasteiger partial charge in [-0.1, -0.05) is 0 Å². The highest BCUT2D eigenvalue weighted by Crippen LogP contribution is 2.15. The minimum Gasteiger partial charge on any atom is -0.444 e. The summed E-state index contributed by atoms with van der Waals surface area (Å²) in [6.45, 7) is 7.82. The zero-order chi connectivity index (χ0) is 22.3. The largest absolute Gasteiger partial charge is 0.444 e. The molecule has 0 atom stereocenters. The van der Waals surface area contributed by atoms with Crippen molar-refractivity contribution in [2.45, 2.75) is 39.2 Å². The molecular formula is C22H34N4O4. The molecule has 1 aliphatic heterocycles. The van der Waals surface area contributed by atoms with E-state index in [1.807, 2.05) is 43.3 Å². The highest BCUT2D eigenvalue weighted by atomic mass is 16.6. The van der Waals surface area contributed by atoms with Crippen LogP contribution in [0.15, 0.2) is 24.3 Å². The van der Waals surface area contributed by atoms with Gasteiger partial charge in [0.2, 0.25) is 5.91 Å². The minimum absolute atomic E-state index is 0.0128. The summed E-state index contributed by atoms with van der Waals surface area (Å²) < 4.78 is 5.17. The van der Waals surface area contributed by atoms with Crippen LogP contribution < -0.4 is 10.2 Å². The molecule has 1 saturated heterocycles. The smallest absolute Gasteiger partial charge is 0.407 e. The van der Waals surface area contributed by atoms with Gasteiger partial charge >= 0.3 is 6.09 Å². The molecule has 0 bridgehead atoms. The molecule has 3 amide bonds. The van der Waals surface area contributed by atoms with Gasteiger partial charge in [-0.15, -0.1) is 0 Å². The van der Waals surface area contributed by atoms with E-state index in [-0.39, 0.29) is 24.8 Å². The molecule has 8 nitrogen and oxygen atoms in total. The zero-order valence-electron chi connectivity index (χ0n) is 18.7. The lowest BCUT2D eigenvalue weighted by atomic mass is 10.1. The Balaban J connectivity index is 1.81. The summed E-state index contributed by atoms with van der Waals surface area (Å²) in [7, 11) is 3.92. The van der Waals surface area contributed by atoms with Gasteiger partial charge in [0.1, 0.15) is 5.60 Å². The van der Waals surface area contributed by atoms with Crippen molar-refractivity contribution < 1.29 is 19.1 Å². The van der Waals surface area contributed by atoms with Crippen LogP contribution in [0, 0.1) is 0 Å². The molecule has 1 heterocycles. The van der Waals surface area contributed by atoms with E-state index < -0.39 is 11.7 Å². The van der Waals surface area contributed by atoms with Crippen molar-refractivity contribution in [2.75, 3.05) is 51.7 Å². The van der Waals surface area contributed by atoms with Crippen LogP contribution >= 0.6 is 0 Å². The molecule has 1 aromatic rings. The van der Waals surface area contributed by atoms with E-state index in [1.54, 1.807) is 30.6 Å². The SMILES string of the molecule is CN(C)c1ccc(C(=O)N2CCCN(C(=O)CCNC(=O)OC(C)(C)C)CC2)cc1. The van der Waals surface area contributed by atoms with Crippen LogP contribution in [-0.2, 0) is 9.53 Å². The van der Waals surface area contributed by atoms with Gasteiger partial charge in [-0.2, -0.15) is 0 Å². The lowest BCUT2D eigenvalue weighted by Gasteiger charge is -2.23. The third-order valence-electron chi connectivity index (χ3n) is 4.77. The van der Waals surface area contributed by atoms with E-state index in [0.29, 0.717) is 31.7 Å². The van der Waals surface area contributed by atoms with Crippen LogP contribution in [0.2, 0.25) is 0 Å². The molecule has 0 aliphatic carbocycles. The molecule has 2 rings (SSSR count). The maximum absolute atomic E-state index is 12.8. The topological polar surface area (TPSA) is 82.2 Å². The number of nitrogens with one attached hydrogen (secondary N) is 1. The van der Waals surface area contributed by atoms with Crippen LogP contribution in [0.4, 0.5) is 10.5 Å². The zero-order valence-corrected chi connectivity index (χ0v) is 18.7. The van der Waals surface area contributed by atoms with E-state index in [9.17, 15) is 14.4 Å². The van der Waals surface area contributed by atoms with Gasteiger partial charge in [-0.05, 0) is 51.5 Å². The summed E-state index contributed by atoms with van der Waals surface area (Å²) >= 11 is 0. The Bertz CT molecular complexity index is 740. The average molecular weight is 419 g/mol. The van der Waals surface area contributed by atoms with Crippen molar-refractivity contribution in [1.82, 2.24) is 15.1 Å². The van der Waals surface area contributed by atoms with Crippen LogP contribution in [0.1, 0.15) is 44.0 Å². The first-order chi connectivity index (χ1) is 14.1. The summed E-state index contributed by atoms with van der Waals surface area (Å²) in [5.74, 6) is -0.0445. The maximum Gasteiger partial charge on any atom is 0.407 e. The Morgan fingerprint density at radius 2 is 1.60 bits per heavy atom. The normalized spacial score (nSPS) is 14.7. The lowest BCUT2D eigenvalue weighted by molar-refractivity contribution is -0.130. The molecule has 1 fully saturated rings. The second kappa shape index (κ2) is 10.3. The molecule has 0 saturated carbocycles. The number of hydrogen-bond acceptors (Lipinski definition) is 5. The molecule has 0 aromatic heterocycles. The van der Waals surface area contributed by atoms with Crippen LogP contribution in [-0.4, -0.2) is 80.1 Å². The first-order valence-electron chi connectivity index (χ1n) is 10.4. The van der Waals surface area contributed by atoms with E-state index in [1.165, 1.54) is 0 Å². The number of carbonyl (C=O) groups is 3. The summed E-state index contributed by atoms with van der Waals surface area (Å²) in [6.07, 6.45) is 0.412. The molecule has 1 aromatic carbocycles. The van der Waals surface area contributed by atoms with E-state index >= 15 is 0 Å². The highest BCUT2D eigenvalue weighted by Gasteiger charge is 2.23. The Labute approximate surface area is 179 Å². The summed E-state index contributed by atoms with van der Waals surface area (Å²) in [6, 6.07) is 7.54. The van der Waals surface area contributed by atoms with Crippen molar-refractivity contribution in [3.8, 4) is 0 Å². The van der Waals surface area contributed by atoms with E-state index in [4.69, 9.17) is 4.74 Å². The Kier molecular flexibility index (Phi) is 8.08. The number of hydrogen-bond donors (Lipinski definition) is 1. The standard InChI is InChI=1S/C22H34N4O4/c1-22(2,3)30-21(29)23-12-11-19(27)25-13-6-14-26(16-15-25)20(28)17-7-9-18(10-8-17)24(4)5/h7-10H,6,11-16H2,1-5H3,(H,23,29). The Morgan fingerprint density at radius 3 is 2.20 bits per heavy atom. The van der Waals surface area contributed by atoms with E-state index in [2.05, 4.69) is 5.32 Å². The second-order valence-electron chi connectivity index (χ2n) is 8.65. The fourth-order valence-corrected chi connectivity index (χ4v) is 3.20. The van der Waals surface area contributed by atoms with Gasteiger partial charge in [0.25, 0.3) is 5.91 Å². The summed E-state index contributed by atoms with van der Waals surface area (Å²) in [5, 5.41) is 2.61. The van der Waals surface area contributed by atoms with E-state index in [0.717, 1.165) is 12.1 Å². The number of ether oxygens (including phenoxy) is 1. The monoisotopic (exact) mass is 418 g/mol. The van der Waals surface area contributed by atoms with Gasteiger partial charge in [-0.25, -0.2) is 4.79 Å². The van der Waals surface area contributed by atoms with Gasteiger partial charge in [-0.3, -0.25) is 9.59 Å². The summed E-state index contributed by atoms with van der Waals surface area (Å²) in [5.41, 5.74) is 1.13. The number of alkyl carbamates (subject to hydrolysis) is 1. The van der Waals surface area contributed by atoms with Crippen LogP contribution in [0.5, 0.6) is 0 Å². The van der Waals surface area contributed by atoms with Crippen molar-refractivity contribution in [2.24, 2.45) is 0 Å². The molecule has 166 valence electrons. The predicted octanol–water partition coefficient (Wildman–Crippen LogP) is 2.34. The Hall–Kier alpha value is -2.77. The van der Waals surface area contributed by atoms with Crippen LogP contribution in [0.3, 0.4) is 0 Å². The fraction of sp³-hybridized carbons (Fsp3) is 0.591. The molecule has 30 heavy (non-hydrogen) atoms.